The van der Waals surface area contributed by atoms with E-state index in [9.17, 15) is 9.18 Å². The maximum absolute atomic E-state index is 13.2. The van der Waals surface area contributed by atoms with E-state index in [2.05, 4.69) is 35.1 Å². The maximum Gasteiger partial charge on any atom is 0.252 e. The monoisotopic (exact) mass is 330 g/mol. The molecule has 0 aliphatic carbocycles. The molecule has 19 heavy (non-hydrogen) atoms. The molecule has 0 saturated carbocycles. The lowest BCUT2D eigenvalue weighted by molar-refractivity contribution is 0.0934. The summed E-state index contributed by atoms with van der Waals surface area (Å²) in [5.74, 6) is -0.220. The molecule has 1 rings (SSSR count). The molecule has 0 saturated heterocycles. The van der Waals surface area contributed by atoms with Crippen LogP contribution in [0.3, 0.4) is 0 Å². The quantitative estimate of drug-likeness (QED) is 0.808. The topological polar surface area (TPSA) is 55.1 Å². The first-order chi connectivity index (χ1) is 8.85. The first kappa shape index (κ1) is 16.0. The van der Waals surface area contributed by atoms with Crippen LogP contribution in [0.5, 0.6) is 0 Å². The first-order valence-corrected chi connectivity index (χ1v) is 7.19. The van der Waals surface area contributed by atoms with Crippen LogP contribution in [-0.2, 0) is 0 Å². The first-order valence-electron chi connectivity index (χ1n) is 6.40. The SMILES string of the molecule is CCC(C)CC(C)NC(=O)c1cc(N)c(F)cc1Br. The Hall–Kier alpha value is -1.10. The van der Waals surface area contributed by atoms with Crippen LogP contribution in [0, 0.1) is 11.7 Å². The molecule has 0 aromatic heterocycles. The van der Waals surface area contributed by atoms with E-state index < -0.39 is 5.82 Å². The van der Waals surface area contributed by atoms with Gasteiger partial charge in [0.25, 0.3) is 5.91 Å². The van der Waals surface area contributed by atoms with E-state index in [1.165, 1.54) is 12.1 Å². The van der Waals surface area contributed by atoms with Crippen LogP contribution >= 0.6 is 15.9 Å². The van der Waals surface area contributed by atoms with Crippen LogP contribution in [0.4, 0.5) is 10.1 Å². The number of halogens is 2. The highest BCUT2D eigenvalue weighted by Gasteiger charge is 2.16. The third-order valence-corrected chi connectivity index (χ3v) is 3.82. The van der Waals surface area contributed by atoms with Gasteiger partial charge in [0.15, 0.2) is 0 Å². The van der Waals surface area contributed by atoms with Crippen LogP contribution in [0.15, 0.2) is 16.6 Å². The van der Waals surface area contributed by atoms with Crippen LogP contribution in [-0.4, -0.2) is 11.9 Å². The van der Waals surface area contributed by atoms with Crippen molar-refractivity contribution in [3.8, 4) is 0 Å². The third-order valence-electron chi connectivity index (χ3n) is 3.16. The number of hydrogen-bond acceptors (Lipinski definition) is 2. The van der Waals surface area contributed by atoms with Gasteiger partial charge < -0.3 is 11.1 Å². The zero-order valence-corrected chi connectivity index (χ0v) is 13.1. The van der Waals surface area contributed by atoms with Crippen molar-refractivity contribution in [2.75, 3.05) is 5.73 Å². The van der Waals surface area contributed by atoms with E-state index >= 15 is 0 Å². The second kappa shape index (κ2) is 6.89. The Morgan fingerprint density at radius 2 is 2.11 bits per heavy atom. The zero-order chi connectivity index (χ0) is 14.6. The number of amides is 1. The third kappa shape index (κ3) is 4.49. The molecule has 0 bridgehead atoms. The van der Waals surface area contributed by atoms with Crippen LogP contribution < -0.4 is 11.1 Å². The van der Waals surface area contributed by atoms with Crippen molar-refractivity contribution in [3.63, 3.8) is 0 Å². The molecule has 0 aliphatic rings. The molecule has 3 N–H and O–H groups in total. The minimum absolute atomic E-state index is 0.0251. The molecule has 1 amide bonds. The summed E-state index contributed by atoms with van der Waals surface area (Å²) in [7, 11) is 0. The van der Waals surface area contributed by atoms with Gasteiger partial charge in [0.1, 0.15) is 5.82 Å². The summed E-state index contributed by atoms with van der Waals surface area (Å²) in [5, 5.41) is 2.90. The van der Waals surface area contributed by atoms with Crippen molar-refractivity contribution in [3.05, 3.63) is 28.0 Å². The number of anilines is 1. The van der Waals surface area contributed by atoms with Crippen molar-refractivity contribution in [2.24, 2.45) is 5.92 Å². The highest BCUT2D eigenvalue weighted by atomic mass is 79.9. The van der Waals surface area contributed by atoms with Crippen LogP contribution in [0.2, 0.25) is 0 Å². The van der Waals surface area contributed by atoms with Gasteiger partial charge in [-0.1, -0.05) is 20.3 Å². The Morgan fingerprint density at radius 1 is 1.47 bits per heavy atom. The summed E-state index contributed by atoms with van der Waals surface area (Å²) in [6.45, 7) is 6.23. The molecule has 0 heterocycles. The number of nitrogens with one attached hydrogen (secondary N) is 1. The van der Waals surface area contributed by atoms with Gasteiger partial charge in [-0.15, -0.1) is 0 Å². The van der Waals surface area contributed by atoms with Gasteiger partial charge in [-0.2, -0.15) is 0 Å². The highest BCUT2D eigenvalue weighted by Crippen LogP contribution is 2.23. The van der Waals surface area contributed by atoms with E-state index in [0.29, 0.717) is 16.0 Å². The fraction of sp³-hybridized carbons (Fsp3) is 0.500. The van der Waals surface area contributed by atoms with Gasteiger partial charge in [-0.25, -0.2) is 4.39 Å². The summed E-state index contributed by atoms with van der Waals surface area (Å²) in [6, 6.07) is 2.63. The van der Waals surface area contributed by atoms with Gasteiger partial charge in [-0.05, 0) is 47.3 Å². The van der Waals surface area contributed by atoms with E-state index in [-0.39, 0.29) is 17.6 Å². The van der Waals surface area contributed by atoms with Gasteiger partial charge in [0.05, 0.1) is 11.3 Å². The Morgan fingerprint density at radius 3 is 2.68 bits per heavy atom. The Bertz CT molecular complexity index is 465. The molecular formula is C14H20BrFN2O. The second-order valence-electron chi connectivity index (χ2n) is 4.98. The minimum Gasteiger partial charge on any atom is -0.396 e. The summed E-state index contributed by atoms with van der Waals surface area (Å²) in [6.07, 6.45) is 1.99. The lowest BCUT2D eigenvalue weighted by atomic mass is 10.00. The van der Waals surface area contributed by atoms with Crippen molar-refractivity contribution in [1.82, 2.24) is 5.32 Å². The molecule has 5 heteroatoms. The molecule has 1 aromatic rings. The smallest absolute Gasteiger partial charge is 0.252 e. The predicted molar refractivity (Wildman–Crippen MR) is 79.5 cm³/mol. The lowest BCUT2D eigenvalue weighted by Gasteiger charge is -2.18. The molecule has 0 radical (unpaired) electrons. The molecule has 0 fully saturated rings. The minimum atomic E-state index is -0.531. The van der Waals surface area contributed by atoms with Crippen LogP contribution in [0.1, 0.15) is 44.0 Å². The van der Waals surface area contributed by atoms with Gasteiger partial charge in [0.2, 0.25) is 0 Å². The number of nitrogens with two attached hydrogens (primary N) is 1. The summed E-state index contributed by atoms with van der Waals surface area (Å²) < 4.78 is 13.6. The zero-order valence-electron chi connectivity index (χ0n) is 11.5. The largest absolute Gasteiger partial charge is 0.396 e. The molecule has 3 nitrogen and oxygen atoms in total. The molecule has 1 aromatic carbocycles. The number of benzene rings is 1. The molecule has 0 spiro atoms. The Balaban J connectivity index is 2.76. The van der Waals surface area contributed by atoms with Gasteiger partial charge >= 0.3 is 0 Å². The number of hydrogen-bond donors (Lipinski definition) is 2. The van der Waals surface area contributed by atoms with E-state index in [1.807, 2.05) is 6.92 Å². The normalized spacial score (nSPS) is 13.9. The summed E-state index contributed by atoms with van der Waals surface area (Å²) in [5.41, 5.74) is 5.82. The highest BCUT2D eigenvalue weighted by molar-refractivity contribution is 9.10. The van der Waals surface area contributed by atoms with Gasteiger partial charge in [0, 0.05) is 10.5 Å². The van der Waals surface area contributed by atoms with Gasteiger partial charge in [-0.3, -0.25) is 4.79 Å². The molecule has 2 atom stereocenters. The average Bonchev–Trinajstić information content (AvgIpc) is 2.33. The number of nitrogen functional groups attached to an aromatic ring is 1. The molecule has 0 aliphatic heterocycles. The van der Waals surface area contributed by atoms with Crippen molar-refractivity contribution in [2.45, 2.75) is 39.7 Å². The molecular weight excluding hydrogens is 311 g/mol. The van der Waals surface area contributed by atoms with Crippen LogP contribution in [0.25, 0.3) is 0 Å². The number of carbonyl (C=O) groups is 1. The average molecular weight is 331 g/mol. The Labute approximate surface area is 121 Å². The molecule has 106 valence electrons. The predicted octanol–water partition coefficient (Wildman–Crippen LogP) is 3.72. The van der Waals surface area contributed by atoms with E-state index in [4.69, 9.17) is 5.73 Å². The maximum atomic E-state index is 13.2. The fourth-order valence-corrected chi connectivity index (χ4v) is 2.37. The Kier molecular flexibility index (Phi) is 5.79. The lowest BCUT2D eigenvalue weighted by Crippen LogP contribution is -2.34. The summed E-state index contributed by atoms with van der Waals surface area (Å²) in [4.78, 5) is 12.1. The fourth-order valence-electron chi connectivity index (χ4n) is 1.87. The number of carbonyl (C=O) groups excluding carboxylic acids is 1. The second-order valence-corrected chi connectivity index (χ2v) is 5.83. The van der Waals surface area contributed by atoms with E-state index in [1.54, 1.807) is 0 Å². The van der Waals surface area contributed by atoms with Crippen molar-refractivity contribution >= 4 is 27.5 Å². The van der Waals surface area contributed by atoms with E-state index in [0.717, 1.165) is 12.8 Å². The van der Waals surface area contributed by atoms with Crippen molar-refractivity contribution < 1.29 is 9.18 Å². The standard InChI is InChI=1S/C14H20BrFN2O/c1-4-8(2)5-9(3)18-14(19)10-6-13(17)12(16)7-11(10)15/h6-9H,4-5,17H2,1-3H3,(H,18,19). The van der Waals surface area contributed by atoms with Crippen molar-refractivity contribution in [1.29, 1.82) is 0 Å². The number of rotatable bonds is 5. The summed E-state index contributed by atoms with van der Waals surface area (Å²) >= 11 is 3.18. The molecule has 2 unspecified atom stereocenters.